The Morgan fingerprint density at radius 3 is 2.63 bits per heavy atom. The second-order valence-electron chi connectivity index (χ2n) is 7.03. The van der Waals surface area contributed by atoms with Crippen LogP contribution >= 0.6 is 0 Å². The van der Waals surface area contributed by atoms with E-state index >= 15 is 0 Å². The van der Waals surface area contributed by atoms with Crippen molar-refractivity contribution >= 4 is 28.4 Å². The van der Waals surface area contributed by atoms with Crippen LogP contribution in [0.15, 0.2) is 54.7 Å². The van der Waals surface area contributed by atoms with Crippen LogP contribution < -0.4 is 11.1 Å². The number of carbonyl (C=O) groups is 1. The van der Waals surface area contributed by atoms with Gasteiger partial charge in [0.25, 0.3) is 5.91 Å². The van der Waals surface area contributed by atoms with Gasteiger partial charge in [-0.05, 0) is 42.3 Å². The summed E-state index contributed by atoms with van der Waals surface area (Å²) in [6.07, 6.45) is 0.454. The number of carbonyl (C=O) groups excluding carboxylic acids is 1. The summed E-state index contributed by atoms with van der Waals surface area (Å²) in [4.78, 5) is 21.0. The molecule has 0 aliphatic carbocycles. The molecule has 1 amide bonds. The number of fused-ring (bicyclic) bond motifs is 1. The first-order chi connectivity index (χ1) is 14.3. The first-order valence-electron chi connectivity index (χ1n) is 9.27. The molecule has 4 rings (SSSR count). The molecule has 152 valence electrons. The molecule has 0 unspecified atom stereocenters. The van der Waals surface area contributed by atoms with Crippen LogP contribution in [-0.2, 0) is 11.8 Å². The van der Waals surface area contributed by atoms with Crippen molar-refractivity contribution in [2.24, 2.45) is 7.05 Å². The summed E-state index contributed by atoms with van der Waals surface area (Å²) in [6, 6.07) is 12.4. The first kappa shape index (κ1) is 19.5. The van der Waals surface area contributed by atoms with Gasteiger partial charge in [-0.3, -0.25) is 4.79 Å². The highest BCUT2D eigenvalue weighted by molar-refractivity contribution is 6.01. The fourth-order valence-corrected chi connectivity index (χ4v) is 3.40. The number of hydrogen-bond acceptors (Lipinski definition) is 5. The fraction of sp³-hybridized carbons (Fsp3) is 0.136. The molecular weight excluding hydrogens is 385 g/mol. The highest BCUT2D eigenvalue weighted by atomic mass is 19.1. The predicted octanol–water partition coefficient (Wildman–Crippen LogP) is 3.34. The van der Waals surface area contributed by atoms with Gasteiger partial charge in [-0.15, -0.1) is 0 Å². The van der Waals surface area contributed by atoms with Crippen molar-refractivity contribution in [2.75, 3.05) is 11.1 Å². The summed E-state index contributed by atoms with van der Waals surface area (Å²) in [5, 5.41) is 13.6. The van der Waals surface area contributed by atoms with Crippen molar-refractivity contribution < 1.29 is 14.3 Å². The summed E-state index contributed by atoms with van der Waals surface area (Å²) >= 11 is 0. The van der Waals surface area contributed by atoms with Crippen LogP contribution in [0.25, 0.3) is 22.2 Å². The summed E-state index contributed by atoms with van der Waals surface area (Å²) in [5.41, 5.74) is 9.31. The lowest BCUT2D eigenvalue weighted by Crippen LogP contribution is -2.20. The van der Waals surface area contributed by atoms with Gasteiger partial charge in [0.15, 0.2) is 6.10 Å². The van der Waals surface area contributed by atoms with Crippen LogP contribution in [0.1, 0.15) is 17.5 Å². The lowest BCUT2D eigenvalue weighted by molar-refractivity contribution is -0.124. The minimum absolute atomic E-state index is 0.186. The van der Waals surface area contributed by atoms with E-state index in [1.807, 2.05) is 29.9 Å². The minimum atomic E-state index is -1.47. The van der Waals surface area contributed by atoms with Crippen molar-refractivity contribution in [2.45, 2.75) is 13.0 Å². The molecule has 0 aliphatic heterocycles. The molecule has 0 saturated heterocycles. The van der Waals surface area contributed by atoms with Gasteiger partial charge < -0.3 is 20.7 Å². The molecule has 30 heavy (non-hydrogen) atoms. The Labute approximate surface area is 172 Å². The Hall–Kier alpha value is -3.78. The smallest absolute Gasteiger partial charge is 0.257 e. The number of nitrogens with zero attached hydrogens (tertiary/aromatic N) is 3. The van der Waals surface area contributed by atoms with Crippen LogP contribution in [0.2, 0.25) is 0 Å². The summed E-state index contributed by atoms with van der Waals surface area (Å²) in [7, 11) is 1.89. The van der Waals surface area contributed by atoms with Crippen LogP contribution in [0, 0.1) is 12.7 Å². The number of nitrogens with one attached hydrogen (secondary N) is 1. The third kappa shape index (κ3) is 3.60. The van der Waals surface area contributed by atoms with E-state index in [4.69, 9.17) is 5.73 Å². The van der Waals surface area contributed by atoms with E-state index in [0.717, 1.165) is 28.2 Å². The van der Waals surface area contributed by atoms with E-state index in [-0.39, 0.29) is 5.56 Å². The Bertz CT molecular complexity index is 1250. The number of rotatable bonds is 4. The standard InChI is InChI=1S/C22H20FN5O2/c1-12-25-20(24)18-17(11-28(2)21(18)26-12)13-6-8-16(9-7-13)27-22(30)19(29)14-4-3-5-15(23)10-14/h3-11,19,29H,1-2H3,(H,27,30)(H2,24,25,26)/t19-/m1/s1. The highest BCUT2D eigenvalue weighted by Crippen LogP contribution is 2.33. The summed E-state index contributed by atoms with van der Waals surface area (Å²) in [5.74, 6) is -0.157. The molecule has 0 fully saturated rings. The molecule has 2 heterocycles. The molecule has 2 aromatic heterocycles. The molecular formula is C22H20FN5O2. The molecule has 0 saturated carbocycles. The molecule has 7 nitrogen and oxygen atoms in total. The van der Waals surface area contributed by atoms with Gasteiger partial charge in [0.2, 0.25) is 0 Å². The Balaban J connectivity index is 1.58. The number of benzene rings is 2. The van der Waals surface area contributed by atoms with Crippen LogP contribution in [0.5, 0.6) is 0 Å². The van der Waals surface area contributed by atoms with E-state index in [0.29, 0.717) is 17.3 Å². The number of nitrogens with two attached hydrogens (primary N) is 1. The van der Waals surface area contributed by atoms with Crippen LogP contribution in [-0.4, -0.2) is 25.5 Å². The second kappa shape index (κ2) is 7.57. The van der Waals surface area contributed by atoms with E-state index in [1.165, 1.54) is 18.2 Å². The van der Waals surface area contributed by atoms with Gasteiger partial charge in [0.1, 0.15) is 23.1 Å². The van der Waals surface area contributed by atoms with E-state index in [1.54, 1.807) is 19.1 Å². The van der Waals surface area contributed by atoms with Gasteiger partial charge in [0.05, 0.1) is 5.39 Å². The molecule has 0 radical (unpaired) electrons. The number of aliphatic hydroxyl groups excluding tert-OH is 1. The third-order valence-corrected chi connectivity index (χ3v) is 4.83. The zero-order valence-electron chi connectivity index (χ0n) is 16.4. The number of anilines is 2. The largest absolute Gasteiger partial charge is 0.383 e. The molecule has 2 aromatic carbocycles. The lowest BCUT2D eigenvalue weighted by atomic mass is 10.1. The Morgan fingerprint density at radius 1 is 1.20 bits per heavy atom. The van der Waals surface area contributed by atoms with Gasteiger partial charge >= 0.3 is 0 Å². The lowest BCUT2D eigenvalue weighted by Gasteiger charge is -2.12. The first-order valence-corrected chi connectivity index (χ1v) is 9.27. The van der Waals surface area contributed by atoms with Gasteiger partial charge in [-0.2, -0.15) is 0 Å². The molecule has 4 N–H and O–H groups in total. The zero-order chi connectivity index (χ0) is 21.4. The normalized spacial score (nSPS) is 12.1. The average molecular weight is 405 g/mol. The van der Waals surface area contributed by atoms with Crippen molar-refractivity contribution in [1.29, 1.82) is 0 Å². The van der Waals surface area contributed by atoms with Gasteiger partial charge in [-0.1, -0.05) is 24.3 Å². The number of nitrogen functional groups attached to an aromatic ring is 1. The fourth-order valence-electron chi connectivity index (χ4n) is 3.40. The molecule has 0 spiro atoms. The quantitative estimate of drug-likeness (QED) is 0.483. The number of hydrogen-bond donors (Lipinski definition) is 3. The van der Waals surface area contributed by atoms with Gasteiger partial charge in [-0.25, -0.2) is 14.4 Å². The van der Waals surface area contributed by atoms with E-state index in [9.17, 15) is 14.3 Å². The van der Waals surface area contributed by atoms with Crippen molar-refractivity contribution in [3.8, 4) is 11.1 Å². The van der Waals surface area contributed by atoms with Crippen LogP contribution in [0.4, 0.5) is 15.9 Å². The zero-order valence-corrected chi connectivity index (χ0v) is 16.4. The number of amides is 1. The number of aromatic nitrogens is 3. The van der Waals surface area contributed by atoms with Crippen molar-refractivity contribution in [3.63, 3.8) is 0 Å². The number of aryl methyl sites for hydroxylation is 2. The maximum atomic E-state index is 13.3. The monoisotopic (exact) mass is 405 g/mol. The number of halogens is 1. The predicted molar refractivity (Wildman–Crippen MR) is 113 cm³/mol. The molecule has 0 aliphatic rings. The molecule has 4 aromatic rings. The highest BCUT2D eigenvalue weighted by Gasteiger charge is 2.18. The molecule has 8 heteroatoms. The molecule has 1 atom stereocenters. The van der Waals surface area contributed by atoms with Crippen molar-refractivity contribution in [3.05, 3.63) is 71.9 Å². The Kier molecular flexibility index (Phi) is 4.93. The van der Waals surface area contributed by atoms with Gasteiger partial charge in [0, 0.05) is 24.5 Å². The summed E-state index contributed by atoms with van der Waals surface area (Å²) in [6.45, 7) is 1.79. The second-order valence-corrected chi connectivity index (χ2v) is 7.03. The van der Waals surface area contributed by atoms with E-state index in [2.05, 4.69) is 15.3 Å². The SMILES string of the molecule is Cc1nc(N)c2c(-c3ccc(NC(=O)[C@H](O)c4cccc(F)c4)cc3)cn(C)c2n1. The summed E-state index contributed by atoms with van der Waals surface area (Å²) < 4.78 is 15.2. The third-order valence-electron chi connectivity index (χ3n) is 4.83. The maximum Gasteiger partial charge on any atom is 0.257 e. The van der Waals surface area contributed by atoms with Crippen LogP contribution in [0.3, 0.4) is 0 Å². The average Bonchev–Trinajstić information content (AvgIpc) is 3.04. The molecule has 0 bridgehead atoms. The minimum Gasteiger partial charge on any atom is -0.383 e. The maximum absolute atomic E-state index is 13.3. The topological polar surface area (TPSA) is 106 Å². The van der Waals surface area contributed by atoms with E-state index < -0.39 is 17.8 Å². The Morgan fingerprint density at radius 2 is 1.93 bits per heavy atom. The number of aliphatic hydroxyl groups is 1. The van der Waals surface area contributed by atoms with Crippen molar-refractivity contribution in [1.82, 2.24) is 14.5 Å².